The summed E-state index contributed by atoms with van der Waals surface area (Å²) in [6.45, 7) is 4.45. The van der Waals surface area contributed by atoms with Crippen LogP contribution in [-0.2, 0) is 32.7 Å². The highest BCUT2D eigenvalue weighted by Gasteiger charge is 2.27. The quantitative estimate of drug-likeness (QED) is 0.0211. The van der Waals surface area contributed by atoms with Gasteiger partial charge in [0.25, 0.3) is 0 Å². The molecule has 0 aromatic rings. The fourth-order valence-electron chi connectivity index (χ4n) is 9.04. The van der Waals surface area contributed by atoms with E-state index in [2.05, 4.69) is 50.3 Å². The van der Waals surface area contributed by atoms with Crippen molar-refractivity contribution < 1.29 is 42.1 Å². The van der Waals surface area contributed by atoms with Gasteiger partial charge in [0.05, 0.1) is 27.7 Å². The minimum Gasteiger partial charge on any atom is -0.462 e. The molecule has 0 amide bonds. The molecule has 430 valence electrons. The molecule has 0 aliphatic carbocycles. The molecule has 0 aliphatic rings. The van der Waals surface area contributed by atoms with Gasteiger partial charge in [0.2, 0.25) is 0 Å². The zero-order valence-corrected chi connectivity index (χ0v) is 49.8. The molecule has 73 heavy (non-hydrogen) atoms. The number of phosphoric acid groups is 1. The Morgan fingerprint density at radius 1 is 0.425 bits per heavy atom. The molecule has 0 bridgehead atoms. The third-order valence-electron chi connectivity index (χ3n) is 13.9. The SMILES string of the molecule is CCCCCC/C=C\C/C=C\CCCCCCCCCC(=O)OC(COC(=O)CCCCCCCCCCCCCCCCCCCCC/C=C\CCCCCCCCCC)COP(=O)(O)OCC[N+](C)(C)C. The number of rotatable bonds is 58. The Balaban J connectivity index is 4.02. The van der Waals surface area contributed by atoms with E-state index in [1.807, 2.05) is 21.1 Å². The average molecular weight is 1050 g/mol. The normalized spacial score (nSPS) is 13.5. The van der Waals surface area contributed by atoms with Crippen LogP contribution in [0.4, 0.5) is 0 Å². The van der Waals surface area contributed by atoms with E-state index >= 15 is 0 Å². The number of likely N-dealkylation sites (N-methyl/N-ethyl adjacent to an activating group) is 1. The fourth-order valence-corrected chi connectivity index (χ4v) is 9.78. The van der Waals surface area contributed by atoms with Crippen molar-refractivity contribution in [1.29, 1.82) is 0 Å². The second-order valence-electron chi connectivity index (χ2n) is 22.4. The molecule has 0 aromatic heterocycles. The second kappa shape index (κ2) is 55.0. The van der Waals surface area contributed by atoms with Crippen LogP contribution in [0, 0.1) is 0 Å². The van der Waals surface area contributed by atoms with Crippen LogP contribution < -0.4 is 0 Å². The van der Waals surface area contributed by atoms with Crippen molar-refractivity contribution in [2.75, 3.05) is 47.5 Å². The number of quaternary nitrogens is 1. The van der Waals surface area contributed by atoms with E-state index in [1.165, 1.54) is 218 Å². The average Bonchev–Trinajstić information content (AvgIpc) is 3.35. The van der Waals surface area contributed by atoms with Gasteiger partial charge >= 0.3 is 19.8 Å². The van der Waals surface area contributed by atoms with Crippen LogP contribution >= 0.6 is 7.82 Å². The molecule has 0 heterocycles. The Bertz CT molecular complexity index is 1330. The van der Waals surface area contributed by atoms with Crippen molar-refractivity contribution in [2.45, 2.75) is 309 Å². The monoisotopic (exact) mass is 1050 g/mol. The first kappa shape index (κ1) is 71.2. The number of nitrogens with zero attached hydrogens (tertiary/aromatic N) is 1. The van der Waals surface area contributed by atoms with E-state index in [-0.39, 0.29) is 25.6 Å². The lowest BCUT2D eigenvalue weighted by Gasteiger charge is -2.24. The summed E-state index contributed by atoms with van der Waals surface area (Å²) >= 11 is 0. The summed E-state index contributed by atoms with van der Waals surface area (Å²) in [7, 11) is 1.48. The molecule has 0 aromatic carbocycles. The molecule has 9 nitrogen and oxygen atoms in total. The van der Waals surface area contributed by atoms with E-state index in [1.54, 1.807) is 0 Å². The Morgan fingerprint density at radius 2 is 0.740 bits per heavy atom. The first-order chi connectivity index (χ1) is 35.5. The third-order valence-corrected chi connectivity index (χ3v) is 14.9. The predicted octanol–water partition coefficient (Wildman–Crippen LogP) is 19.5. The van der Waals surface area contributed by atoms with Gasteiger partial charge in [-0.15, -0.1) is 0 Å². The Morgan fingerprint density at radius 3 is 1.11 bits per heavy atom. The van der Waals surface area contributed by atoms with Crippen molar-refractivity contribution in [3.63, 3.8) is 0 Å². The lowest BCUT2D eigenvalue weighted by Crippen LogP contribution is -2.37. The maximum Gasteiger partial charge on any atom is 0.472 e. The van der Waals surface area contributed by atoms with Crippen molar-refractivity contribution in [2.24, 2.45) is 0 Å². The predicted molar refractivity (Wildman–Crippen MR) is 312 cm³/mol. The largest absolute Gasteiger partial charge is 0.472 e. The van der Waals surface area contributed by atoms with Gasteiger partial charge in [0, 0.05) is 12.8 Å². The van der Waals surface area contributed by atoms with E-state index in [9.17, 15) is 19.0 Å². The molecule has 0 spiro atoms. The lowest BCUT2D eigenvalue weighted by atomic mass is 10.0. The molecule has 0 radical (unpaired) electrons. The van der Waals surface area contributed by atoms with Gasteiger partial charge in [-0.1, -0.05) is 256 Å². The topological polar surface area (TPSA) is 108 Å². The summed E-state index contributed by atoms with van der Waals surface area (Å²) in [6.07, 6.45) is 68.0. The number of carbonyl (C=O) groups is 2. The molecular weight excluding hydrogens is 930 g/mol. The molecular formula is C63H121NO8P+. The van der Waals surface area contributed by atoms with Crippen molar-refractivity contribution >= 4 is 19.8 Å². The van der Waals surface area contributed by atoms with Gasteiger partial charge in [-0.2, -0.15) is 0 Å². The van der Waals surface area contributed by atoms with Crippen molar-refractivity contribution in [1.82, 2.24) is 0 Å². The number of ether oxygens (including phenoxy) is 2. The molecule has 0 saturated heterocycles. The first-order valence-electron chi connectivity index (χ1n) is 31.2. The minimum atomic E-state index is -4.39. The number of carbonyl (C=O) groups excluding carboxylic acids is 2. The van der Waals surface area contributed by atoms with Gasteiger partial charge < -0.3 is 18.9 Å². The van der Waals surface area contributed by atoms with E-state index in [4.69, 9.17) is 18.5 Å². The van der Waals surface area contributed by atoms with Crippen LogP contribution in [0.1, 0.15) is 303 Å². The minimum absolute atomic E-state index is 0.0314. The maximum absolute atomic E-state index is 12.8. The van der Waals surface area contributed by atoms with Crippen LogP contribution in [0.15, 0.2) is 36.5 Å². The molecule has 2 atom stereocenters. The van der Waals surface area contributed by atoms with E-state index in [0.29, 0.717) is 23.9 Å². The standard InChI is InChI=1S/C63H120NO8P/c1-6-8-10-12-14-16-18-20-22-24-26-27-28-29-30-31-32-33-34-35-36-37-38-40-41-43-45-47-49-51-53-55-62(65)69-59-61(60-71-73(67,68)70-58-57-64(3,4)5)72-63(66)56-54-52-50-48-46-44-42-39-25-23-21-19-17-15-13-11-9-7-2/h17,19,23-26,61H,6-16,18,20-22,27-60H2,1-5H3/p+1/b19-17-,25-23-,26-24-. The summed E-state index contributed by atoms with van der Waals surface area (Å²) in [5.74, 6) is -0.793. The van der Waals surface area contributed by atoms with Crippen LogP contribution in [0.25, 0.3) is 0 Å². The molecule has 2 unspecified atom stereocenters. The third kappa shape index (κ3) is 59.3. The summed E-state index contributed by atoms with van der Waals surface area (Å²) in [5.41, 5.74) is 0. The summed E-state index contributed by atoms with van der Waals surface area (Å²) in [4.78, 5) is 35.7. The molecule has 10 heteroatoms. The number of esters is 2. The summed E-state index contributed by atoms with van der Waals surface area (Å²) in [5, 5.41) is 0. The molecule has 0 saturated carbocycles. The smallest absolute Gasteiger partial charge is 0.462 e. The second-order valence-corrected chi connectivity index (χ2v) is 23.9. The van der Waals surface area contributed by atoms with Gasteiger partial charge in [0.15, 0.2) is 6.10 Å². The van der Waals surface area contributed by atoms with Gasteiger partial charge in [-0.25, -0.2) is 4.57 Å². The molecule has 0 fully saturated rings. The highest BCUT2D eigenvalue weighted by atomic mass is 31.2. The molecule has 1 N–H and O–H groups in total. The Kier molecular flexibility index (Phi) is 53.7. The highest BCUT2D eigenvalue weighted by molar-refractivity contribution is 7.47. The van der Waals surface area contributed by atoms with Crippen molar-refractivity contribution in [3.8, 4) is 0 Å². The number of hydrogen-bond acceptors (Lipinski definition) is 7. The Hall–Kier alpha value is -1.77. The van der Waals surface area contributed by atoms with Gasteiger partial charge in [-0.05, 0) is 70.6 Å². The lowest BCUT2D eigenvalue weighted by molar-refractivity contribution is -0.870. The van der Waals surface area contributed by atoms with Crippen LogP contribution in [-0.4, -0.2) is 74.9 Å². The highest BCUT2D eigenvalue weighted by Crippen LogP contribution is 2.43. The van der Waals surface area contributed by atoms with Crippen LogP contribution in [0.5, 0.6) is 0 Å². The van der Waals surface area contributed by atoms with Gasteiger partial charge in [-0.3, -0.25) is 18.6 Å². The summed E-state index contributed by atoms with van der Waals surface area (Å²) < 4.78 is 34.6. The number of hydrogen-bond donors (Lipinski definition) is 1. The number of allylic oxidation sites excluding steroid dienone is 6. The van der Waals surface area contributed by atoms with Crippen molar-refractivity contribution in [3.05, 3.63) is 36.5 Å². The van der Waals surface area contributed by atoms with E-state index in [0.717, 1.165) is 51.4 Å². The molecule has 0 rings (SSSR count). The van der Waals surface area contributed by atoms with Gasteiger partial charge in [0.1, 0.15) is 19.8 Å². The number of unbranched alkanes of at least 4 members (excludes halogenated alkanes) is 38. The summed E-state index contributed by atoms with van der Waals surface area (Å²) in [6, 6.07) is 0. The maximum atomic E-state index is 12.8. The Labute approximate surface area is 452 Å². The fraction of sp³-hybridized carbons (Fsp3) is 0.873. The van der Waals surface area contributed by atoms with Crippen LogP contribution in [0.3, 0.4) is 0 Å². The zero-order chi connectivity index (χ0) is 53.5. The first-order valence-corrected chi connectivity index (χ1v) is 32.7. The zero-order valence-electron chi connectivity index (χ0n) is 48.9. The molecule has 0 aliphatic heterocycles. The number of phosphoric ester groups is 1. The van der Waals surface area contributed by atoms with E-state index < -0.39 is 26.5 Å². The van der Waals surface area contributed by atoms with Crippen LogP contribution in [0.2, 0.25) is 0 Å².